The molecule has 0 aromatic carbocycles. The van der Waals surface area contributed by atoms with Gasteiger partial charge in [-0.2, -0.15) is 0 Å². The minimum absolute atomic E-state index is 0.221. The van der Waals surface area contributed by atoms with Gasteiger partial charge >= 0.3 is 5.97 Å². The molecular weight excluding hydrogens is 200 g/mol. The van der Waals surface area contributed by atoms with Crippen LogP contribution < -0.4 is 0 Å². The van der Waals surface area contributed by atoms with Crippen LogP contribution in [0, 0.1) is 0 Å². The minimum Gasteiger partial charge on any atom is -0.481 e. The smallest absolute Gasteiger partial charge is 0.303 e. The van der Waals surface area contributed by atoms with Crippen LogP contribution >= 0.6 is 11.8 Å². The van der Waals surface area contributed by atoms with E-state index in [1.165, 1.54) is 0 Å². The van der Waals surface area contributed by atoms with E-state index in [1.807, 2.05) is 24.7 Å². The summed E-state index contributed by atoms with van der Waals surface area (Å²) in [7, 11) is 1.93. The maximum atomic E-state index is 10.3. The number of aliphatic carboxylic acids is 1. The third kappa shape index (κ3) is 3.41. The van der Waals surface area contributed by atoms with Gasteiger partial charge < -0.3 is 9.67 Å². The Kier molecular flexibility index (Phi) is 4.00. The third-order valence-corrected chi connectivity index (χ3v) is 3.09. The molecule has 0 aliphatic rings. The molecule has 78 valence electrons. The Labute approximate surface area is 87.3 Å². The molecule has 1 atom stereocenters. The molecule has 0 aliphatic heterocycles. The first-order chi connectivity index (χ1) is 6.59. The van der Waals surface area contributed by atoms with Gasteiger partial charge in [0, 0.05) is 31.1 Å². The van der Waals surface area contributed by atoms with Gasteiger partial charge in [-0.25, -0.2) is 4.98 Å². The molecule has 0 aliphatic carbocycles. The Morgan fingerprint density at radius 1 is 1.79 bits per heavy atom. The van der Waals surface area contributed by atoms with Crippen molar-refractivity contribution >= 4 is 17.7 Å². The summed E-state index contributed by atoms with van der Waals surface area (Å²) in [4.78, 5) is 14.5. The molecule has 14 heavy (non-hydrogen) atoms. The molecule has 0 spiro atoms. The van der Waals surface area contributed by atoms with E-state index in [4.69, 9.17) is 5.11 Å². The number of carbonyl (C=O) groups is 1. The summed E-state index contributed by atoms with van der Waals surface area (Å²) in [6.45, 7) is 2.02. The number of rotatable bonds is 5. The first-order valence-electron chi connectivity index (χ1n) is 4.45. The van der Waals surface area contributed by atoms with Crippen molar-refractivity contribution in [3.63, 3.8) is 0 Å². The lowest BCUT2D eigenvalue weighted by Crippen LogP contribution is -2.03. The summed E-state index contributed by atoms with van der Waals surface area (Å²) in [6.07, 6.45) is 4.52. The zero-order chi connectivity index (χ0) is 10.6. The topological polar surface area (TPSA) is 55.1 Å². The normalized spacial score (nSPS) is 12.7. The van der Waals surface area contributed by atoms with Gasteiger partial charge in [0.25, 0.3) is 0 Å². The maximum Gasteiger partial charge on any atom is 0.303 e. The van der Waals surface area contributed by atoms with Crippen molar-refractivity contribution in [1.82, 2.24) is 9.55 Å². The van der Waals surface area contributed by atoms with Crippen molar-refractivity contribution in [2.24, 2.45) is 7.05 Å². The van der Waals surface area contributed by atoms with E-state index in [2.05, 4.69) is 4.98 Å². The number of carboxylic acid groups (broad SMARTS) is 1. The van der Waals surface area contributed by atoms with Crippen molar-refractivity contribution < 1.29 is 9.90 Å². The van der Waals surface area contributed by atoms with E-state index in [9.17, 15) is 4.79 Å². The van der Waals surface area contributed by atoms with Gasteiger partial charge in [-0.3, -0.25) is 4.79 Å². The predicted octanol–water partition coefficient (Wildman–Crippen LogP) is 1.77. The SMILES string of the molecule is CC(CCC(=O)O)Sc1nccn1C. The van der Waals surface area contributed by atoms with E-state index < -0.39 is 5.97 Å². The summed E-state index contributed by atoms with van der Waals surface area (Å²) < 4.78 is 1.93. The predicted molar refractivity (Wildman–Crippen MR) is 55.4 cm³/mol. The first kappa shape index (κ1) is 11.1. The average molecular weight is 214 g/mol. The van der Waals surface area contributed by atoms with Gasteiger partial charge in [-0.15, -0.1) is 0 Å². The summed E-state index contributed by atoms with van der Waals surface area (Å²) in [6, 6.07) is 0. The third-order valence-electron chi connectivity index (χ3n) is 1.85. The molecule has 1 aromatic heterocycles. The van der Waals surface area contributed by atoms with Crippen LogP contribution in [0.25, 0.3) is 0 Å². The highest BCUT2D eigenvalue weighted by Crippen LogP contribution is 2.23. The monoisotopic (exact) mass is 214 g/mol. The van der Waals surface area contributed by atoms with Gasteiger partial charge in [0.05, 0.1) is 0 Å². The summed E-state index contributed by atoms with van der Waals surface area (Å²) in [5.74, 6) is -0.739. The summed E-state index contributed by atoms with van der Waals surface area (Å²) in [5.41, 5.74) is 0. The van der Waals surface area contributed by atoms with Crippen molar-refractivity contribution in [1.29, 1.82) is 0 Å². The van der Waals surface area contributed by atoms with Crippen LogP contribution in [-0.4, -0.2) is 25.9 Å². The molecule has 0 saturated carbocycles. The number of imidazole rings is 1. The Balaban J connectivity index is 2.37. The zero-order valence-electron chi connectivity index (χ0n) is 8.30. The molecule has 4 nitrogen and oxygen atoms in total. The standard InChI is InChI=1S/C9H14N2O2S/c1-7(3-4-8(12)13)14-9-10-5-6-11(9)2/h5-7H,3-4H2,1-2H3,(H,12,13). The fraction of sp³-hybridized carbons (Fsp3) is 0.556. The number of hydrogen-bond acceptors (Lipinski definition) is 3. The second kappa shape index (κ2) is 5.05. The van der Waals surface area contributed by atoms with Crippen LogP contribution in [0.1, 0.15) is 19.8 Å². The van der Waals surface area contributed by atoms with Gasteiger partial charge in [-0.05, 0) is 6.42 Å². The van der Waals surface area contributed by atoms with E-state index in [0.29, 0.717) is 6.42 Å². The second-order valence-electron chi connectivity index (χ2n) is 3.18. The molecule has 1 rings (SSSR count). The number of nitrogens with zero attached hydrogens (tertiary/aromatic N) is 2. The lowest BCUT2D eigenvalue weighted by atomic mass is 10.2. The minimum atomic E-state index is -0.739. The lowest BCUT2D eigenvalue weighted by Gasteiger charge is -2.08. The molecule has 0 fully saturated rings. The first-order valence-corrected chi connectivity index (χ1v) is 5.33. The van der Waals surface area contributed by atoms with E-state index in [0.717, 1.165) is 5.16 Å². The average Bonchev–Trinajstić information content (AvgIpc) is 2.49. The van der Waals surface area contributed by atoms with Crippen molar-refractivity contribution in [2.45, 2.75) is 30.2 Å². The Morgan fingerprint density at radius 2 is 2.50 bits per heavy atom. The molecule has 0 saturated heterocycles. The number of aromatic nitrogens is 2. The molecule has 1 N–H and O–H groups in total. The molecule has 5 heteroatoms. The molecule has 0 radical (unpaired) electrons. The molecule has 1 aromatic rings. The second-order valence-corrected chi connectivity index (χ2v) is 4.59. The number of carboxylic acids is 1. The van der Waals surface area contributed by atoms with E-state index in [1.54, 1.807) is 18.0 Å². The zero-order valence-corrected chi connectivity index (χ0v) is 9.12. The lowest BCUT2D eigenvalue weighted by molar-refractivity contribution is -0.137. The molecule has 0 amide bonds. The highest BCUT2D eigenvalue weighted by molar-refractivity contribution is 7.99. The van der Waals surface area contributed by atoms with Gasteiger partial charge in [0.1, 0.15) is 0 Å². The number of hydrogen-bond donors (Lipinski definition) is 1. The van der Waals surface area contributed by atoms with Crippen LogP contribution in [0.4, 0.5) is 0 Å². The Morgan fingerprint density at radius 3 is 3.00 bits per heavy atom. The Bertz CT molecular complexity index is 312. The largest absolute Gasteiger partial charge is 0.481 e. The fourth-order valence-corrected chi connectivity index (χ4v) is 1.98. The number of aryl methyl sites for hydroxylation is 1. The van der Waals surface area contributed by atoms with Crippen molar-refractivity contribution in [2.75, 3.05) is 0 Å². The highest BCUT2D eigenvalue weighted by Gasteiger charge is 2.09. The van der Waals surface area contributed by atoms with Crippen LogP contribution in [-0.2, 0) is 11.8 Å². The fourth-order valence-electron chi connectivity index (χ4n) is 1.03. The molecular formula is C9H14N2O2S. The van der Waals surface area contributed by atoms with Gasteiger partial charge in [0.15, 0.2) is 5.16 Å². The van der Waals surface area contributed by atoms with Gasteiger partial charge in [0.2, 0.25) is 0 Å². The van der Waals surface area contributed by atoms with Crippen molar-refractivity contribution in [3.8, 4) is 0 Å². The molecule has 0 bridgehead atoms. The Hall–Kier alpha value is -0.970. The highest BCUT2D eigenvalue weighted by atomic mass is 32.2. The van der Waals surface area contributed by atoms with E-state index >= 15 is 0 Å². The van der Waals surface area contributed by atoms with Crippen molar-refractivity contribution in [3.05, 3.63) is 12.4 Å². The van der Waals surface area contributed by atoms with Crippen LogP contribution in [0.2, 0.25) is 0 Å². The van der Waals surface area contributed by atoms with Crippen LogP contribution in [0.5, 0.6) is 0 Å². The van der Waals surface area contributed by atoms with Crippen LogP contribution in [0.15, 0.2) is 17.6 Å². The van der Waals surface area contributed by atoms with Gasteiger partial charge in [-0.1, -0.05) is 18.7 Å². The maximum absolute atomic E-state index is 10.3. The quantitative estimate of drug-likeness (QED) is 0.759. The molecule has 1 unspecified atom stereocenters. The number of thioether (sulfide) groups is 1. The summed E-state index contributed by atoms with van der Waals surface area (Å²) in [5, 5.41) is 9.73. The van der Waals surface area contributed by atoms with E-state index in [-0.39, 0.29) is 11.7 Å². The summed E-state index contributed by atoms with van der Waals surface area (Å²) >= 11 is 1.61. The van der Waals surface area contributed by atoms with Crippen LogP contribution in [0.3, 0.4) is 0 Å². The molecule has 1 heterocycles.